The third-order valence-corrected chi connectivity index (χ3v) is 6.27. The van der Waals surface area contributed by atoms with Crippen molar-refractivity contribution in [3.63, 3.8) is 0 Å². The molecule has 0 spiro atoms. The minimum atomic E-state index is -0.152. The highest BCUT2D eigenvalue weighted by Crippen LogP contribution is 2.27. The third kappa shape index (κ3) is 4.41. The standard InChI is InChI=1S/C23H24N4O2S/c1-15-3-4-19(16(2)13-15)22-26-20(14-30-22)21(28)25-18-7-11-27(12-8-18)23(29)17-5-9-24-10-6-17/h3-6,9-10,13-14,18H,7-8,11-12H2,1-2H3,(H,25,28). The molecule has 1 aliphatic rings. The molecule has 30 heavy (non-hydrogen) atoms. The molecule has 0 saturated carbocycles. The Labute approximate surface area is 180 Å². The highest BCUT2D eigenvalue weighted by atomic mass is 32.1. The molecule has 1 N–H and O–H groups in total. The second-order valence-electron chi connectivity index (χ2n) is 7.63. The van der Waals surface area contributed by atoms with E-state index in [1.165, 1.54) is 16.9 Å². The van der Waals surface area contributed by atoms with Gasteiger partial charge < -0.3 is 10.2 Å². The maximum absolute atomic E-state index is 12.7. The number of pyridine rings is 1. The summed E-state index contributed by atoms with van der Waals surface area (Å²) < 4.78 is 0. The zero-order chi connectivity index (χ0) is 21.1. The number of hydrogen-bond acceptors (Lipinski definition) is 5. The van der Waals surface area contributed by atoms with E-state index in [0.29, 0.717) is 24.3 Å². The molecule has 0 radical (unpaired) electrons. The Morgan fingerprint density at radius 3 is 2.53 bits per heavy atom. The monoisotopic (exact) mass is 420 g/mol. The number of piperidine rings is 1. The number of hydrogen-bond donors (Lipinski definition) is 1. The number of amides is 2. The highest BCUT2D eigenvalue weighted by Gasteiger charge is 2.25. The van der Waals surface area contributed by atoms with Crippen LogP contribution in [0.5, 0.6) is 0 Å². The van der Waals surface area contributed by atoms with E-state index < -0.39 is 0 Å². The number of nitrogens with zero attached hydrogens (tertiary/aromatic N) is 3. The van der Waals surface area contributed by atoms with Gasteiger partial charge in [0.25, 0.3) is 11.8 Å². The first-order valence-electron chi connectivity index (χ1n) is 10.0. The van der Waals surface area contributed by atoms with Gasteiger partial charge in [-0.3, -0.25) is 14.6 Å². The Bertz CT molecular complexity index is 1060. The molecular formula is C23H24N4O2S. The molecule has 0 atom stereocenters. The van der Waals surface area contributed by atoms with Gasteiger partial charge in [-0.25, -0.2) is 4.98 Å². The Hall–Kier alpha value is -3.06. The van der Waals surface area contributed by atoms with E-state index in [4.69, 9.17) is 0 Å². The van der Waals surface area contributed by atoms with E-state index in [-0.39, 0.29) is 17.9 Å². The molecule has 6 nitrogen and oxygen atoms in total. The Balaban J connectivity index is 1.34. The third-order valence-electron chi connectivity index (χ3n) is 5.39. The first kappa shape index (κ1) is 20.2. The maximum atomic E-state index is 12.7. The second-order valence-corrected chi connectivity index (χ2v) is 8.49. The summed E-state index contributed by atoms with van der Waals surface area (Å²) in [5.41, 5.74) is 4.52. The van der Waals surface area contributed by atoms with E-state index in [1.54, 1.807) is 24.5 Å². The number of likely N-dealkylation sites (tertiary alicyclic amines) is 1. The van der Waals surface area contributed by atoms with Crippen molar-refractivity contribution in [2.45, 2.75) is 32.7 Å². The van der Waals surface area contributed by atoms with Crippen LogP contribution in [0.1, 0.15) is 44.8 Å². The van der Waals surface area contributed by atoms with Crippen LogP contribution in [0.2, 0.25) is 0 Å². The van der Waals surface area contributed by atoms with Gasteiger partial charge >= 0.3 is 0 Å². The van der Waals surface area contributed by atoms with Crippen molar-refractivity contribution in [1.82, 2.24) is 20.2 Å². The van der Waals surface area contributed by atoms with Gasteiger partial charge in [-0.05, 0) is 44.4 Å². The number of rotatable bonds is 4. The zero-order valence-electron chi connectivity index (χ0n) is 17.1. The molecule has 154 valence electrons. The molecule has 3 heterocycles. The summed E-state index contributed by atoms with van der Waals surface area (Å²) in [4.78, 5) is 35.6. The maximum Gasteiger partial charge on any atom is 0.270 e. The fourth-order valence-corrected chi connectivity index (χ4v) is 4.61. The molecule has 2 amide bonds. The first-order chi connectivity index (χ1) is 14.5. The van der Waals surface area contributed by atoms with Crippen LogP contribution < -0.4 is 5.32 Å². The predicted molar refractivity (Wildman–Crippen MR) is 118 cm³/mol. The van der Waals surface area contributed by atoms with Gasteiger partial charge in [0, 0.05) is 48.0 Å². The highest BCUT2D eigenvalue weighted by molar-refractivity contribution is 7.13. The molecule has 1 aliphatic heterocycles. The largest absolute Gasteiger partial charge is 0.348 e. The van der Waals surface area contributed by atoms with Gasteiger partial charge in [-0.15, -0.1) is 11.3 Å². The fraction of sp³-hybridized carbons (Fsp3) is 0.304. The topological polar surface area (TPSA) is 75.2 Å². The number of aryl methyl sites for hydroxylation is 2. The normalized spacial score (nSPS) is 14.5. The zero-order valence-corrected chi connectivity index (χ0v) is 17.9. The van der Waals surface area contributed by atoms with Crippen molar-refractivity contribution in [2.75, 3.05) is 13.1 Å². The average molecular weight is 421 g/mol. The Morgan fingerprint density at radius 2 is 1.83 bits per heavy atom. The SMILES string of the molecule is Cc1ccc(-c2nc(C(=O)NC3CCN(C(=O)c4ccncc4)CC3)cs2)c(C)c1. The van der Waals surface area contributed by atoms with Gasteiger partial charge in [-0.1, -0.05) is 23.8 Å². The lowest BCUT2D eigenvalue weighted by Gasteiger charge is -2.32. The van der Waals surface area contributed by atoms with E-state index in [1.807, 2.05) is 10.3 Å². The van der Waals surface area contributed by atoms with E-state index >= 15 is 0 Å². The number of benzene rings is 1. The van der Waals surface area contributed by atoms with Crippen molar-refractivity contribution in [2.24, 2.45) is 0 Å². The summed E-state index contributed by atoms with van der Waals surface area (Å²) in [6.07, 6.45) is 4.72. The van der Waals surface area contributed by atoms with Crippen LogP contribution in [0.4, 0.5) is 0 Å². The van der Waals surface area contributed by atoms with Crippen molar-refractivity contribution in [3.05, 3.63) is 70.5 Å². The molecule has 0 bridgehead atoms. The van der Waals surface area contributed by atoms with Crippen LogP contribution in [0, 0.1) is 13.8 Å². The van der Waals surface area contributed by atoms with Gasteiger partial charge in [0.1, 0.15) is 10.7 Å². The first-order valence-corrected chi connectivity index (χ1v) is 10.9. The Kier molecular flexibility index (Phi) is 5.90. The van der Waals surface area contributed by atoms with Crippen LogP contribution >= 0.6 is 11.3 Å². The quantitative estimate of drug-likeness (QED) is 0.696. The predicted octanol–water partition coefficient (Wildman–Crippen LogP) is 3.86. The van der Waals surface area contributed by atoms with E-state index in [0.717, 1.165) is 29.0 Å². The van der Waals surface area contributed by atoms with E-state index in [9.17, 15) is 9.59 Å². The van der Waals surface area contributed by atoms with Gasteiger partial charge in [0.2, 0.25) is 0 Å². The summed E-state index contributed by atoms with van der Waals surface area (Å²) in [7, 11) is 0. The minimum Gasteiger partial charge on any atom is -0.348 e. The number of nitrogens with one attached hydrogen (secondary N) is 1. The summed E-state index contributed by atoms with van der Waals surface area (Å²) in [6.45, 7) is 5.37. The van der Waals surface area contributed by atoms with E-state index in [2.05, 4.69) is 47.3 Å². The van der Waals surface area contributed by atoms with Crippen molar-refractivity contribution >= 4 is 23.2 Å². The molecule has 0 aliphatic carbocycles. The molecular weight excluding hydrogens is 396 g/mol. The van der Waals surface area contributed by atoms with Crippen molar-refractivity contribution < 1.29 is 9.59 Å². The smallest absolute Gasteiger partial charge is 0.270 e. The molecule has 7 heteroatoms. The molecule has 1 aromatic carbocycles. The number of thiazole rings is 1. The van der Waals surface area contributed by atoms with Gasteiger partial charge in [0.05, 0.1) is 0 Å². The molecule has 1 saturated heterocycles. The van der Waals surface area contributed by atoms with Gasteiger partial charge in [0.15, 0.2) is 0 Å². The van der Waals surface area contributed by atoms with Crippen LogP contribution in [0.25, 0.3) is 10.6 Å². The molecule has 2 aromatic heterocycles. The molecule has 4 rings (SSSR count). The van der Waals surface area contributed by atoms with Crippen LogP contribution in [0.3, 0.4) is 0 Å². The minimum absolute atomic E-state index is 0.0137. The Morgan fingerprint density at radius 1 is 1.10 bits per heavy atom. The number of aromatic nitrogens is 2. The average Bonchev–Trinajstić information content (AvgIpc) is 3.24. The van der Waals surface area contributed by atoms with Crippen LogP contribution in [-0.4, -0.2) is 45.8 Å². The molecule has 1 fully saturated rings. The van der Waals surface area contributed by atoms with Crippen LogP contribution in [0.15, 0.2) is 48.1 Å². The number of carbonyl (C=O) groups is 2. The molecule has 0 unspecified atom stereocenters. The van der Waals surface area contributed by atoms with Gasteiger partial charge in [-0.2, -0.15) is 0 Å². The summed E-state index contributed by atoms with van der Waals surface area (Å²) in [5, 5.41) is 5.75. The molecule has 3 aromatic rings. The number of carbonyl (C=O) groups excluding carboxylic acids is 2. The summed E-state index contributed by atoms with van der Waals surface area (Å²) >= 11 is 1.49. The lowest BCUT2D eigenvalue weighted by molar-refractivity contribution is 0.0697. The van der Waals surface area contributed by atoms with Crippen LogP contribution in [-0.2, 0) is 0 Å². The van der Waals surface area contributed by atoms with Crippen molar-refractivity contribution in [1.29, 1.82) is 0 Å². The second kappa shape index (κ2) is 8.75. The summed E-state index contributed by atoms with van der Waals surface area (Å²) in [5.74, 6) is -0.138. The summed E-state index contributed by atoms with van der Waals surface area (Å²) in [6, 6.07) is 9.74. The van der Waals surface area contributed by atoms with Crippen molar-refractivity contribution in [3.8, 4) is 10.6 Å². The lowest BCUT2D eigenvalue weighted by atomic mass is 10.0. The lowest BCUT2D eigenvalue weighted by Crippen LogP contribution is -2.46. The fourth-order valence-electron chi connectivity index (χ4n) is 3.72.